The van der Waals surface area contributed by atoms with Crippen LogP contribution >= 0.6 is 11.3 Å². The van der Waals surface area contributed by atoms with Crippen LogP contribution in [-0.2, 0) is 0 Å². The summed E-state index contributed by atoms with van der Waals surface area (Å²) < 4.78 is 1.39. The highest BCUT2D eigenvalue weighted by Gasteiger charge is 2.06. The van der Waals surface area contributed by atoms with Crippen LogP contribution in [0.5, 0.6) is 0 Å². The van der Waals surface area contributed by atoms with Gasteiger partial charge in [-0.3, -0.25) is 0 Å². The first kappa shape index (κ1) is 11.5. The van der Waals surface area contributed by atoms with Gasteiger partial charge in [-0.1, -0.05) is 56.3 Å². The van der Waals surface area contributed by atoms with Gasteiger partial charge >= 0.3 is 0 Å². The Morgan fingerprint density at radius 3 is 2.39 bits per heavy atom. The summed E-state index contributed by atoms with van der Waals surface area (Å²) in [6.07, 6.45) is 0. The van der Waals surface area contributed by atoms with Gasteiger partial charge in [-0.2, -0.15) is 0 Å². The fourth-order valence-corrected chi connectivity index (χ4v) is 3.27. The Morgan fingerprint density at radius 2 is 1.67 bits per heavy atom. The van der Waals surface area contributed by atoms with Crippen molar-refractivity contribution in [2.45, 2.75) is 19.8 Å². The first-order valence-electron chi connectivity index (χ1n) is 6.33. The number of thiophene rings is 1. The molecule has 3 rings (SSSR count). The molecule has 0 atom stereocenters. The second kappa shape index (κ2) is 4.58. The third-order valence-corrected chi connectivity index (χ3v) is 4.42. The zero-order valence-corrected chi connectivity index (χ0v) is 11.5. The van der Waals surface area contributed by atoms with E-state index in [1.807, 2.05) is 11.3 Å². The van der Waals surface area contributed by atoms with Gasteiger partial charge in [0.15, 0.2) is 0 Å². The van der Waals surface area contributed by atoms with E-state index in [2.05, 4.69) is 68.4 Å². The third-order valence-electron chi connectivity index (χ3n) is 3.27. The zero-order valence-electron chi connectivity index (χ0n) is 10.7. The highest BCUT2D eigenvalue weighted by Crippen LogP contribution is 2.34. The van der Waals surface area contributed by atoms with Gasteiger partial charge in [-0.05, 0) is 34.6 Å². The summed E-state index contributed by atoms with van der Waals surface area (Å²) in [5.74, 6) is 0.594. The smallest absolute Gasteiger partial charge is 0.0355 e. The number of hydrogen-bond donors (Lipinski definition) is 0. The van der Waals surface area contributed by atoms with Crippen LogP contribution in [0.2, 0.25) is 0 Å². The van der Waals surface area contributed by atoms with Crippen molar-refractivity contribution in [3.8, 4) is 10.4 Å². The first-order valence-corrected chi connectivity index (χ1v) is 7.14. The first-order chi connectivity index (χ1) is 8.74. The number of rotatable bonds is 2. The summed E-state index contributed by atoms with van der Waals surface area (Å²) in [7, 11) is 0. The standard InChI is InChI=1S/C17H16S/c1-12(2)14-8-9-15-11-16(18-17(15)10-14)13-6-4-3-5-7-13/h3-12H,1-2H3. The molecule has 90 valence electrons. The summed E-state index contributed by atoms with van der Waals surface area (Å²) in [5, 5.41) is 1.35. The van der Waals surface area contributed by atoms with Crippen molar-refractivity contribution in [3.63, 3.8) is 0 Å². The van der Waals surface area contributed by atoms with E-state index in [-0.39, 0.29) is 0 Å². The highest BCUT2D eigenvalue weighted by atomic mass is 32.1. The summed E-state index contributed by atoms with van der Waals surface area (Å²) >= 11 is 1.88. The van der Waals surface area contributed by atoms with E-state index in [9.17, 15) is 0 Å². The normalized spacial score (nSPS) is 11.3. The van der Waals surface area contributed by atoms with Crippen molar-refractivity contribution >= 4 is 21.4 Å². The van der Waals surface area contributed by atoms with Gasteiger partial charge in [0.2, 0.25) is 0 Å². The maximum atomic E-state index is 2.33. The van der Waals surface area contributed by atoms with E-state index in [1.165, 1.54) is 26.1 Å². The van der Waals surface area contributed by atoms with Gasteiger partial charge in [-0.15, -0.1) is 11.3 Å². The molecule has 18 heavy (non-hydrogen) atoms. The average molecular weight is 252 g/mol. The second-order valence-electron chi connectivity index (χ2n) is 4.93. The van der Waals surface area contributed by atoms with Crippen LogP contribution in [0.4, 0.5) is 0 Å². The molecule has 0 aliphatic carbocycles. The fourth-order valence-electron chi connectivity index (χ4n) is 2.15. The fraction of sp³-hybridized carbons (Fsp3) is 0.176. The molecule has 0 saturated heterocycles. The topological polar surface area (TPSA) is 0 Å². The van der Waals surface area contributed by atoms with Crippen LogP contribution in [0.25, 0.3) is 20.5 Å². The van der Waals surface area contributed by atoms with Gasteiger partial charge in [0, 0.05) is 9.58 Å². The molecule has 0 radical (unpaired) electrons. The summed E-state index contributed by atoms with van der Waals surface area (Å²) in [6.45, 7) is 4.49. The molecule has 0 fully saturated rings. The molecule has 1 heterocycles. The molecule has 0 unspecified atom stereocenters. The lowest BCUT2D eigenvalue weighted by atomic mass is 10.0. The molecule has 0 N–H and O–H groups in total. The zero-order chi connectivity index (χ0) is 12.5. The Hall–Kier alpha value is -1.60. The van der Waals surface area contributed by atoms with Crippen LogP contribution < -0.4 is 0 Å². The minimum absolute atomic E-state index is 0.594. The second-order valence-corrected chi connectivity index (χ2v) is 6.01. The Morgan fingerprint density at radius 1 is 0.889 bits per heavy atom. The predicted octanol–water partition coefficient (Wildman–Crippen LogP) is 5.69. The van der Waals surface area contributed by atoms with E-state index in [4.69, 9.17) is 0 Å². The van der Waals surface area contributed by atoms with E-state index in [1.54, 1.807) is 0 Å². The molecule has 1 aromatic heterocycles. The van der Waals surface area contributed by atoms with E-state index in [0.29, 0.717) is 5.92 Å². The molecular formula is C17H16S. The molecule has 1 heteroatoms. The van der Waals surface area contributed by atoms with Gasteiger partial charge in [-0.25, -0.2) is 0 Å². The molecule has 3 aromatic rings. The minimum Gasteiger partial charge on any atom is -0.135 e. The summed E-state index contributed by atoms with van der Waals surface area (Å²) in [4.78, 5) is 1.35. The number of hydrogen-bond acceptors (Lipinski definition) is 1. The predicted molar refractivity (Wildman–Crippen MR) is 81.4 cm³/mol. The van der Waals surface area contributed by atoms with Crippen molar-refractivity contribution in [3.05, 3.63) is 60.2 Å². The molecule has 0 nitrogen and oxygen atoms in total. The quantitative estimate of drug-likeness (QED) is 0.549. The van der Waals surface area contributed by atoms with Crippen LogP contribution in [0.15, 0.2) is 54.6 Å². The van der Waals surface area contributed by atoms with E-state index >= 15 is 0 Å². The Balaban J connectivity index is 2.11. The lowest BCUT2D eigenvalue weighted by Gasteiger charge is -2.03. The third kappa shape index (κ3) is 2.06. The number of benzene rings is 2. The maximum Gasteiger partial charge on any atom is 0.0355 e. The average Bonchev–Trinajstić information content (AvgIpc) is 2.82. The highest BCUT2D eigenvalue weighted by molar-refractivity contribution is 7.22. The SMILES string of the molecule is CC(C)c1ccc2cc(-c3ccccc3)sc2c1. The molecule has 0 bridgehead atoms. The summed E-state index contributed by atoms with van der Waals surface area (Å²) in [5.41, 5.74) is 2.73. The molecule has 0 aliphatic rings. The molecule has 0 amide bonds. The Kier molecular flexibility index (Phi) is 2.92. The van der Waals surface area contributed by atoms with Gasteiger partial charge in [0.25, 0.3) is 0 Å². The van der Waals surface area contributed by atoms with Crippen LogP contribution in [0.1, 0.15) is 25.3 Å². The van der Waals surface area contributed by atoms with Gasteiger partial charge in [0.05, 0.1) is 0 Å². The van der Waals surface area contributed by atoms with Crippen LogP contribution in [0.3, 0.4) is 0 Å². The molecular weight excluding hydrogens is 236 g/mol. The lowest BCUT2D eigenvalue weighted by molar-refractivity contribution is 0.869. The van der Waals surface area contributed by atoms with Gasteiger partial charge in [0.1, 0.15) is 0 Å². The van der Waals surface area contributed by atoms with Crippen molar-refractivity contribution in [1.29, 1.82) is 0 Å². The number of fused-ring (bicyclic) bond motifs is 1. The maximum absolute atomic E-state index is 2.33. The van der Waals surface area contributed by atoms with Crippen LogP contribution in [-0.4, -0.2) is 0 Å². The largest absolute Gasteiger partial charge is 0.135 e. The van der Waals surface area contributed by atoms with Crippen LogP contribution in [0, 0.1) is 0 Å². The Bertz CT molecular complexity index is 662. The van der Waals surface area contributed by atoms with Gasteiger partial charge < -0.3 is 0 Å². The van der Waals surface area contributed by atoms with Crippen molar-refractivity contribution in [1.82, 2.24) is 0 Å². The van der Waals surface area contributed by atoms with E-state index < -0.39 is 0 Å². The van der Waals surface area contributed by atoms with Crippen molar-refractivity contribution in [2.75, 3.05) is 0 Å². The van der Waals surface area contributed by atoms with E-state index in [0.717, 1.165) is 0 Å². The minimum atomic E-state index is 0.594. The lowest BCUT2D eigenvalue weighted by Crippen LogP contribution is -1.84. The monoisotopic (exact) mass is 252 g/mol. The molecule has 0 saturated carbocycles. The summed E-state index contributed by atoms with van der Waals surface area (Å²) in [6, 6.07) is 19.7. The molecule has 0 aliphatic heterocycles. The van der Waals surface area contributed by atoms with Crippen molar-refractivity contribution in [2.24, 2.45) is 0 Å². The molecule has 2 aromatic carbocycles. The molecule has 0 spiro atoms. The Labute approximate surface area is 112 Å². The van der Waals surface area contributed by atoms with Crippen molar-refractivity contribution < 1.29 is 0 Å².